The second-order valence-corrected chi connectivity index (χ2v) is 6.03. The molecule has 0 spiro atoms. The smallest absolute Gasteiger partial charge is 0.234 e. The van der Waals surface area contributed by atoms with Crippen LogP contribution in [0, 0.1) is 5.82 Å². The Morgan fingerprint density at radius 2 is 1.88 bits per heavy atom. The molecular formula is C18H15FN4OS. The van der Waals surface area contributed by atoms with Crippen molar-refractivity contribution in [2.45, 2.75) is 5.16 Å². The van der Waals surface area contributed by atoms with Gasteiger partial charge in [-0.25, -0.2) is 9.37 Å². The van der Waals surface area contributed by atoms with Gasteiger partial charge in [-0.05, 0) is 35.9 Å². The highest BCUT2D eigenvalue weighted by Crippen LogP contribution is 2.15. The minimum Gasteiger partial charge on any atom is -0.325 e. The molecule has 0 fully saturated rings. The monoisotopic (exact) mass is 354 g/mol. The Labute approximate surface area is 148 Å². The van der Waals surface area contributed by atoms with Gasteiger partial charge in [-0.15, -0.1) is 5.10 Å². The summed E-state index contributed by atoms with van der Waals surface area (Å²) in [4.78, 5) is 16.2. The summed E-state index contributed by atoms with van der Waals surface area (Å²) in [5, 5.41) is 10.1. The molecule has 0 aliphatic carbocycles. The number of amides is 1. The van der Waals surface area contributed by atoms with Crippen molar-refractivity contribution in [3.8, 4) is 0 Å². The number of nitrogens with one attached hydrogen (secondary N) is 2. The zero-order valence-corrected chi connectivity index (χ0v) is 14.0. The van der Waals surface area contributed by atoms with Crippen molar-refractivity contribution in [3.05, 3.63) is 71.8 Å². The third kappa shape index (κ3) is 5.29. The number of benzene rings is 2. The van der Waals surface area contributed by atoms with E-state index < -0.39 is 0 Å². The molecule has 0 saturated heterocycles. The van der Waals surface area contributed by atoms with Crippen LogP contribution >= 0.6 is 11.8 Å². The van der Waals surface area contributed by atoms with Crippen molar-refractivity contribution in [2.24, 2.45) is 0 Å². The number of nitrogens with zero attached hydrogens (tertiary/aromatic N) is 2. The van der Waals surface area contributed by atoms with Crippen LogP contribution in [-0.2, 0) is 4.79 Å². The van der Waals surface area contributed by atoms with Crippen molar-refractivity contribution < 1.29 is 9.18 Å². The van der Waals surface area contributed by atoms with E-state index >= 15 is 0 Å². The number of anilines is 1. The molecule has 126 valence electrons. The quantitative estimate of drug-likeness (QED) is 0.660. The zero-order chi connectivity index (χ0) is 17.5. The Morgan fingerprint density at radius 1 is 1.12 bits per heavy atom. The molecule has 0 atom stereocenters. The molecule has 0 unspecified atom stereocenters. The fourth-order valence-corrected chi connectivity index (χ4v) is 2.60. The van der Waals surface area contributed by atoms with Gasteiger partial charge in [0.1, 0.15) is 11.6 Å². The lowest BCUT2D eigenvalue weighted by Crippen LogP contribution is -2.14. The van der Waals surface area contributed by atoms with E-state index in [2.05, 4.69) is 20.5 Å². The molecule has 1 aromatic heterocycles. The molecule has 0 bridgehead atoms. The normalized spacial score (nSPS) is 10.9. The van der Waals surface area contributed by atoms with Crippen molar-refractivity contribution in [2.75, 3.05) is 11.1 Å². The number of halogens is 1. The van der Waals surface area contributed by atoms with Crippen LogP contribution in [0.1, 0.15) is 11.4 Å². The number of carbonyl (C=O) groups is 1. The maximum absolute atomic E-state index is 12.8. The Bertz CT molecular complexity index is 862. The molecular weight excluding hydrogens is 339 g/mol. The summed E-state index contributed by atoms with van der Waals surface area (Å²) in [5.74, 6) is 0.231. The van der Waals surface area contributed by atoms with E-state index in [4.69, 9.17) is 0 Å². The molecule has 2 N–H and O–H groups in total. The number of hydrogen-bond donors (Lipinski definition) is 2. The van der Waals surface area contributed by atoms with Gasteiger partial charge in [0, 0.05) is 5.69 Å². The highest BCUT2D eigenvalue weighted by atomic mass is 32.2. The fourth-order valence-electron chi connectivity index (χ4n) is 2.00. The molecule has 7 heteroatoms. The highest BCUT2D eigenvalue weighted by molar-refractivity contribution is 7.99. The van der Waals surface area contributed by atoms with E-state index in [0.29, 0.717) is 16.7 Å². The molecule has 1 amide bonds. The third-order valence-electron chi connectivity index (χ3n) is 3.18. The molecule has 2 aromatic carbocycles. The number of hydrogen-bond acceptors (Lipinski definition) is 4. The van der Waals surface area contributed by atoms with Crippen LogP contribution in [0.2, 0.25) is 0 Å². The first-order chi connectivity index (χ1) is 12.2. The Balaban J connectivity index is 1.50. The molecule has 5 nitrogen and oxygen atoms in total. The summed E-state index contributed by atoms with van der Waals surface area (Å²) in [7, 11) is 0. The van der Waals surface area contributed by atoms with Crippen LogP contribution in [0.3, 0.4) is 0 Å². The van der Waals surface area contributed by atoms with Gasteiger partial charge >= 0.3 is 0 Å². The van der Waals surface area contributed by atoms with Crippen LogP contribution < -0.4 is 5.32 Å². The van der Waals surface area contributed by atoms with Gasteiger partial charge in [-0.2, -0.15) is 0 Å². The van der Waals surface area contributed by atoms with E-state index in [1.54, 1.807) is 0 Å². The van der Waals surface area contributed by atoms with Gasteiger partial charge in [0.05, 0.1) is 5.75 Å². The summed E-state index contributed by atoms with van der Waals surface area (Å²) in [6.07, 6.45) is 3.75. The summed E-state index contributed by atoms with van der Waals surface area (Å²) < 4.78 is 12.8. The van der Waals surface area contributed by atoms with Gasteiger partial charge in [-0.1, -0.05) is 48.2 Å². The average Bonchev–Trinajstić information content (AvgIpc) is 3.09. The SMILES string of the molecule is O=C(CSc1n[nH]c(/C=C/c2ccccc2)n1)Nc1ccc(F)cc1. The van der Waals surface area contributed by atoms with Gasteiger partial charge in [0.25, 0.3) is 0 Å². The van der Waals surface area contributed by atoms with E-state index in [1.807, 2.05) is 42.5 Å². The second kappa shape index (κ2) is 8.25. The lowest BCUT2D eigenvalue weighted by atomic mass is 10.2. The third-order valence-corrected chi connectivity index (χ3v) is 4.02. The second-order valence-electron chi connectivity index (χ2n) is 5.09. The molecule has 3 aromatic rings. The minimum absolute atomic E-state index is 0.164. The molecule has 0 saturated carbocycles. The van der Waals surface area contributed by atoms with Crippen LogP contribution in [-0.4, -0.2) is 26.8 Å². The fraction of sp³-hybridized carbons (Fsp3) is 0.0556. The van der Waals surface area contributed by atoms with Crippen LogP contribution in [0.25, 0.3) is 12.2 Å². The molecule has 25 heavy (non-hydrogen) atoms. The summed E-state index contributed by atoms with van der Waals surface area (Å²) in [6, 6.07) is 15.5. The first-order valence-electron chi connectivity index (χ1n) is 7.53. The largest absolute Gasteiger partial charge is 0.325 e. The minimum atomic E-state index is -0.343. The van der Waals surface area contributed by atoms with Gasteiger partial charge < -0.3 is 5.32 Å². The highest BCUT2D eigenvalue weighted by Gasteiger charge is 2.07. The number of carbonyl (C=O) groups excluding carboxylic acids is 1. The Kier molecular flexibility index (Phi) is 5.58. The molecule has 3 rings (SSSR count). The summed E-state index contributed by atoms with van der Waals surface area (Å²) in [6.45, 7) is 0. The van der Waals surface area contributed by atoms with E-state index in [0.717, 1.165) is 5.56 Å². The first-order valence-corrected chi connectivity index (χ1v) is 8.51. The standard InChI is InChI=1S/C18H15FN4OS/c19-14-7-9-15(10-8-14)20-17(24)12-25-18-21-16(22-23-18)11-6-13-4-2-1-3-5-13/h1-11H,12H2,(H,20,24)(H,21,22,23)/b11-6+. The predicted octanol–water partition coefficient (Wildman–Crippen LogP) is 3.85. The first kappa shape index (κ1) is 16.9. The zero-order valence-electron chi connectivity index (χ0n) is 13.1. The van der Waals surface area contributed by atoms with Crippen molar-refractivity contribution >= 4 is 35.5 Å². The number of H-pyrrole nitrogens is 1. The lowest BCUT2D eigenvalue weighted by Gasteiger charge is -2.03. The number of rotatable bonds is 6. The van der Waals surface area contributed by atoms with Crippen molar-refractivity contribution in [1.29, 1.82) is 0 Å². The van der Waals surface area contributed by atoms with E-state index in [-0.39, 0.29) is 17.5 Å². The maximum Gasteiger partial charge on any atom is 0.234 e. The number of aromatic nitrogens is 3. The summed E-state index contributed by atoms with van der Waals surface area (Å²) in [5.41, 5.74) is 1.61. The van der Waals surface area contributed by atoms with Crippen molar-refractivity contribution in [1.82, 2.24) is 15.2 Å². The van der Waals surface area contributed by atoms with E-state index in [9.17, 15) is 9.18 Å². The Hall–Kier alpha value is -2.93. The molecule has 0 radical (unpaired) electrons. The van der Waals surface area contributed by atoms with E-state index in [1.165, 1.54) is 36.0 Å². The number of aromatic amines is 1. The van der Waals surface area contributed by atoms with Crippen LogP contribution in [0.4, 0.5) is 10.1 Å². The molecule has 1 heterocycles. The Morgan fingerprint density at radius 3 is 2.64 bits per heavy atom. The van der Waals surface area contributed by atoms with Gasteiger partial charge in [0.15, 0.2) is 0 Å². The molecule has 0 aliphatic rings. The lowest BCUT2D eigenvalue weighted by molar-refractivity contribution is -0.113. The molecule has 0 aliphatic heterocycles. The maximum atomic E-state index is 12.8. The topological polar surface area (TPSA) is 70.7 Å². The van der Waals surface area contributed by atoms with Crippen molar-refractivity contribution in [3.63, 3.8) is 0 Å². The predicted molar refractivity (Wildman–Crippen MR) is 97.5 cm³/mol. The van der Waals surface area contributed by atoms with Gasteiger partial charge in [0.2, 0.25) is 11.1 Å². The van der Waals surface area contributed by atoms with Crippen LogP contribution in [0.5, 0.6) is 0 Å². The summed E-state index contributed by atoms with van der Waals surface area (Å²) >= 11 is 1.22. The average molecular weight is 354 g/mol. The van der Waals surface area contributed by atoms with Gasteiger partial charge in [-0.3, -0.25) is 9.89 Å². The number of thioether (sulfide) groups is 1. The van der Waals surface area contributed by atoms with Crippen LogP contribution in [0.15, 0.2) is 59.8 Å².